The molecular weight excluding hydrogens is 378 g/mol. The molecule has 1 heterocycles. The summed E-state index contributed by atoms with van der Waals surface area (Å²) in [5.41, 5.74) is 1.14. The first-order chi connectivity index (χ1) is 14.5. The van der Waals surface area contributed by atoms with Crippen LogP contribution in [0.1, 0.15) is 33.6 Å². The summed E-state index contributed by atoms with van der Waals surface area (Å²) in [6.07, 6.45) is 1.47. The summed E-state index contributed by atoms with van der Waals surface area (Å²) >= 11 is 0. The zero-order chi connectivity index (χ0) is 21.5. The molecule has 0 aliphatic rings. The number of benzene rings is 2. The molecule has 0 radical (unpaired) electrons. The Morgan fingerprint density at radius 1 is 1.10 bits per heavy atom. The van der Waals surface area contributed by atoms with Crippen LogP contribution in [0.3, 0.4) is 0 Å². The van der Waals surface area contributed by atoms with Crippen molar-refractivity contribution < 1.29 is 14.3 Å². The summed E-state index contributed by atoms with van der Waals surface area (Å²) in [5, 5.41) is 11.1. The van der Waals surface area contributed by atoms with Crippen molar-refractivity contribution >= 4 is 11.0 Å². The molecule has 3 aromatic rings. The number of para-hydroxylation sites is 2. The molecule has 2 unspecified atom stereocenters. The van der Waals surface area contributed by atoms with E-state index in [1.54, 1.807) is 12.1 Å². The van der Waals surface area contributed by atoms with Gasteiger partial charge in [0.05, 0.1) is 10.9 Å². The van der Waals surface area contributed by atoms with Crippen LogP contribution in [0.5, 0.6) is 5.75 Å². The lowest BCUT2D eigenvalue weighted by Crippen LogP contribution is -2.41. The number of nitrogens with zero attached hydrogens (tertiary/aromatic N) is 1. The molecule has 0 spiro atoms. The van der Waals surface area contributed by atoms with E-state index in [9.17, 15) is 9.90 Å². The number of aliphatic hydroxyl groups excluding tert-OH is 1. The van der Waals surface area contributed by atoms with Crippen molar-refractivity contribution in [1.82, 2.24) is 4.90 Å². The van der Waals surface area contributed by atoms with Gasteiger partial charge in [0, 0.05) is 18.7 Å². The molecule has 2 atom stereocenters. The Labute approximate surface area is 177 Å². The molecular formula is C25H31NO4. The number of hydrogen-bond acceptors (Lipinski definition) is 5. The number of aliphatic hydroxyl groups is 1. The molecule has 1 N–H and O–H groups in total. The third-order valence-corrected chi connectivity index (χ3v) is 5.39. The van der Waals surface area contributed by atoms with E-state index in [0.717, 1.165) is 19.4 Å². The smallest absolute Gasteiger partial charge is 0.193 e. The third-order valence-electron chi connectivity index (χ3n) is 5.39. The van der Waals surface area contributed by atoms with Crippen LogP contribution in [0.4, 0.5) is 0 Å². The number of ether oxygens (including phenoxy) is 1. The summed E-state index contributed by atoms with van der Waals surface area (Å²) in [6.45, 7) is 8.17. The topological polar surface area (TPSA) is 62.9 Å². The molecule has 160 valence electrons. The molecule has 0 bridgehead atoms. The highest BCUT2D eigenvalue weighted by Gasteiger charge is 2.17. The van der Waals surface area contributed by atoms with Gasteiger partial charge in [-0.2, -0.15) is 0 Å². The molecule has 5 heteroatoms. The number of hydrogen-bond donors (Lipinski definition) is 1. The van der Waals surface area contributed by atoms with Crippen LogP contribution in [0.2, 0.25) is 0 Å². The van der Waals surface area contributed by atoms with Crippen LogP contribution in [0, 0.1) is 0 Å². The molecule has 0 saturated heterocycles. The van der Waals surface area contributed by atoms with Crippen molar-refractivity contribution in [3.63, 3.8) is 0 Å². The first kappa shape index (κ1) is 22.1. The number of rotatable bonds is 10. The summed E-state index contributed by atoms with van der Waals surface area (Å²) in [4.78, 5) is 14.8. The highest BCUT2D eigenvalue weighted by molar-refractivity contribution is 5.79. The second kappa shape index (κ2) is 10.4. The van der Waals surface area contributed by atoms with E-state index >= 15 is 0 Å². The average molecular weight is 410 g/mol. The van der Waals surface area contributed by atoms with Gasteiger partial charge < -0.3 is 14.3 Å². The van der Waals surface area contributed by atoms with Gasteiger partial charge in [-0.1, -0.05) is 38.1 Å². The maximum absolute atomic E-state index is 12.5. The average Bonchev–Trinajstić information content (AvgIpc) is 2.77. The van der Waals surface area contributed by atoms with Crippen molar-refractivity contribution in [2.24, 2.45) is 0 Å². The van der Waals surface area contributed by atoms with Crippen LogP contribution >= 0.6 is 0 Å². The Hall–Kier alpha value is -2.63. The van der Waals surface area contributed by atoms with Crippen LogP contribution in [-0.2, 0) is 0 Å². The van der Waals surface area contributed by atoms with E-state index in [-0.39, 0.29) is 12.0 Å². The van der Waals surface area contributed by atoms with Crippen LogP contribution in [0.15, 0.2) is 63.8 Å². The molecule has 30 heavy (non-hydrogen) atoms. The Kier molecular flexibility index (Phi) is 7.66. The van der Waals surface area contributed by atoms with E-state index in [0.29, 0.717) is 40.6 Å². The first-order valence-electron chi connectivity index (χ1n) is 10.7. The lowest BCUT2D eigenvalue weighted by atomic mass is 10.1. The van der Waals surface area contributed by atoms with Gasteiger partial charge in [-0.05, 0) is 50.6 Å². The summed E-state index contributed by atoms with van der Waals surface area (Å²) in [7, 11) is 0. The van der Waals surface area contributed by atoms with E-state index in [1.165, 1.54) is 6.07 Å². The van der Waals surface area contributed by atoms with Crippen molar-refractivity contribution in [1.29, 1.82) is 0 Å². The van der Waals surface area contributed by atoms with Crippen molar-refractivity contribution in [3.8, 4) is 17.1 Å². The lowest BCUT2D eigenvalue weighted by molar-refractivity contribution is 0.0542. The fourth-order valence-corrected chi connectivity index (χ4v) is 3.58. The molecule has 0 saturated carbocycles. The largest absolute Gasteiger partial charge is 0.490 e. The SMILES string of the molecule is CCCN(CC(O)COc1ccccc1-c1cc(=O)c2ccccc2o1)C(C)CC. The second-order valence-corrected chi connectivity index (χ2v) is 7.68. The van der Waals surface area contributed by atoms with Gasteiger partial charge in [0.15, 0.2) is 5.43 Å². The molecule has 0 fully saturated rings. The van der Waals surface area contributed by atoms with Gasteiger partial charge >= 0.3 is 0 Å². The maximum atomic E-state index is 12.5. The Bertz CT molecular complexity index is 1010. The molecule has 0 amide bonds. The monoisotopic (exact) mass is 409 g/mol. The highest BCUT2D eigenvalue weighted by atomic mass is 16.5. The van der Waals surface area contributed by atoms with E-state index in [1.807, 2.05) is 36.4 Å². The summed E-state index contributed by atoms with van der Waals surface area (Å²) < 4.78 is 11.9. The minimum absolute atomic E-state index is 0.0922. The predicted molar refractivity (Wildman–Crippen MR) is 121 cm³/mol. The molecule has 0 aliphatic carbocycles. The molecule has 0 aliphatic heterocycles. The first-order valence-corrected chi connectivity index (χ1v) is 10.7. The van der Waals surface area contributed by atoms with Gasteiger partial charge in [-0.15, -0.1) is 0 Å². The van der Waals surface area contributed by atoms with E-state index in [4.69, 9.17) is 9.15 Å². The third kappa shape index (κ3) is 5.29. The molecule has 5 nitrogen and oxygen atoms in total. The van der Waals surface area contributed by atoms with Gasteiger partial charge in [0.2, 0.25) is 0 Å². The Morgan fingerprint density at radius 2 is 1.83 bits per heavy atom. The maximum Gasteiger partial charge on any atom is 0.193 e. The van der Waals surface area contributed by atoms with Crippen molar-refractivity contribution in [2.45, 2.75) is 45.8 Å². The van der Waals surface area contributed by atoms with Crippen molar-refractivity contribution in [2.75, 3.05) is 19.7 Å². The fraction of sp³-hybridized carbons (Fsp3) is 0.400. The van der Waals surface area contributed by atoms with E-state index in [2.05, 4.69) is 25.7 Å². The second-order valence-electron chi connectivity index (χ2n) is 7.68. The highest BCUT2D eigenvalue weighted by Crippen LogP contribution is 2.30. The lowest BCUT2D eigenvalue weighted by Gasteiger charge is -2.30. The summed E-state index contributed by atoms with van der Waals surface area (Å²) in [5.74, 6) is 1.04. The van der Waals surface area contributed by atoms with Crippen LogP contribution in [0.25, 0.3) is 22.3 Å². The van der Waals surface area contributed by atoms with Gasteiger partial charge in [0.1, 0.15) is 29.8 Å². The fourth-order valence-electron chi connectivity index (χ4n) is 3.58. The van der Waals surface area contributed by atoms with Gasteiger partial charge in [-0.25, -0.2) is 0 Å². The Morgan fingerprint density at radius 3 is 2.60 bits per heavy atom. The van der Waals surface area contributed by atoms with Gasteiger partial charge in [0.25, 0.3) is 0 Å². The quantitative estimate of drug-likeness (QED) is 0.525. The van der Waals surface area contributed by atoms with Gasteiger partial charge in [-0.3, -0.25) is 9.69 Å². The van der Waals surface area contributed by atoms with E-state index < -0.39 is 6.10 Å². The zero-order valence-corrected chi connectivity index (χ0v) is 18.0. The van der Waals surface area contributed by atoms with Crippen LogP contribution in [-0.4, -0.2) is 41.8 Å². The van der Waals surface area contributed by atoms with Crippen molar-refractivity contribution in [3.05, 3.63) is 64.8 Å². The molecule has 1 aromatic heterocycles. The summed E-state index contributed by atoms with van der Waals surface area (Å²) in [6, 6.07) is 16.5. The molecule has 3 rings (SSSR count). The Balaban J connectivity index is 1.77. The minimum Gasteiger partial charge on any atom is -0.490 e. The molecule has 2 aromatic carbocycles. The normalized spacial score (nSPS) is 13.5. The predicted octanol–water partition coefficient (Wildman–Crippen LogP) is 4.71. The zero-order valence-electron chi connectivity index (χ0n) is 18.0. The standard InChI is InChI=1S/C25H31NO4/c1-4-14-26(18(3)5-2)16-19(27)17-29-23-12-8-7-11-21(23)25-15-22(28)20-10-6-9-13-24(20)30-25/h6-13,15,18-19,27H,4-5,14,16-17H2,1-3H3. The minimum atomic E-state index is -0.609. The van der Waals surface area contributed by atoms with Crippen LogP contribution < -0.4 is 10.2 Å². The number of fused-ring (bicyclic) bond motifs is 1.